The molecule has 2 aliphatic rings. The first kappa shape index (κ1) is 26.3. The number of benzene rings is 1. The van der Waals surface area contributed by atoms with Crippen LogP contribution in [0, 0.1) is 5.92 Å². The van der Waals surface area contributed by atoms with Gasteiger partial charge >= 0.3 is 0 Å². The van der Waals surface area contributed by atoms with Gasteiger partial charge in [0.1, 0.15) is 5.69 Å². The van der Waals surface area contributed by atoms with Crippen LogP contribution in [-0.2, 0) is 6.54 Å². The van der Waals surface area contributed by atoms with Crippen LogP contribution in [0.15, 0.2) is 55.0 Å². The molecule has 1 aromatic carbocycles. The number of carbonyl (C=O) groups is 2. The molecule has 206 valence electrons. The smallest absolute Gasteiger partial charge is 0.276 e. The van der Waals surface area contributed by atoms with Crippen molar-refractivity contribution in [2.45, 2.75) is 64.3 Å². The topological polar surface area (TPSA) is 104 Å². The molecule has 1 amide bonds. The van der Waals surface area contributed by atoms with Crippen molar-refractivity contribution in [2.75, 3.05) is 18.4 Å². The fourth-order valence-electron chi connectivity index (χ4n) is 6.06. The molecule has 1 saturated heterocycles. The van der Waals surface area contributed by atoms with Gasteiger partial charge in [0, 0.05) is 36.3 Å². The lowest BCUT2D eigenvalue weighted by molar-refractivity contribution is 0.0956. The van der Waals surface area contributed by atoms with E-state index >= 15 is 0 Å². The van der Waals surface area contributed by atoms with E-state index in [1.807, 2.05) is 30.6 Å². The van der Waals surface area contributed by atoms with Crippen LogP contribution in [0.5, 0.6) is 0 Å². The van der Waals surface area contributed by atoms with Crippen molar-refractivity contribution in [1.29, 1.82) is 0 Å². The van der Waals surface area contributed by atoms with Gasteiger partial charge < -0.3 is 5.32 Å². The highest BCUT2D eigenvalue weighted by atomic mass is 16.2. The number of carbonyl (C=O) groups excluding carboxylic acids is 2. The average molecular weight is 537 g/mol. The van der Waals surface area contributed by atoms with Crippen LogP contribution in [-0.4, -0.2) is 49.8 Å². The van der Waals surface area contributed by atoms with Gasteiger partial charge in [-0.2, -0.15) is 5.10 Å². The molecule has 0 atom stereocenters. The maximum atomic E-state index is 13.2. The van der Waals surface area contributed by atoms with Crippen LogP contribution in [0.4, 0.5) is 5.69 Å². The summed E-state index contributed by atoms with van der Waals surface area (Å²) in [4.78, 5) is 37.1. The van der Waals surface area contributed by atoms with Crippen LogP contribution in [0.3, 0.4) is 0 Å². The summed E-state index contributed by atoms with van der Waals surface area (Å²) in [6.07, 6.45) is 15.7. The number of aromatic amines is 1. The third kappa shape index (κ3) is 6.12. The number of anilines is 1. The minimum absolute atomic E-state index is 0.0700. The van der Waals surface area contributed by atoms with E-state index in [1.54, 1.807) is 18.3 Å². The van der Waals surface area contributed by atoms with E-state index < -0.39 is 0 Å². The Morgan fingerprint density at radius 1 is 0.900 bits per heavy atom. The van der Waals surface area contributed by atoms with E-state index in [2.05, 4.69) is 36.4 Å². The number of nitrogens with zero attached hydrogens (tertiary/aromatic N) is 4. The molecule has 8 nitrogen and oxygen atoms in total. The molecule has 0 spiro atoms. The molecule has 4 aromatic rings. The maximum Gasteiger partial charge on any atom is 0.276 e. The van der Waals surface area contributed by atoms with E-state index in [4.69, 9.17) is 0 Å². The number of likely N-dealkylation sites (tertiary alicyclic amines) is 1. The standard InChI is InChI=1S/C32H36N6O2/c39-30(16-22-7-3-4-8-22)29-12-10-26(20-34-29)35-32(40)31-27-17-24(9-11-28(27)36-37-31)25-15-23(18-33-19-25)21-38-13-5-1-2-6-14-38/h9-12,15,17-20,22H,1-8,13-14,16,21H2,(H,35,40)(H,36,37). The predicted octanol–water partition coefficient (Wildman–Crippen LogP) is 6.41. The SMILES string of the molecule is O=C(CC1CCCC1)c1ccc(NC(=O)c2n[nH]c3ccc(-c4cncc(CN5CCCCCC5)c4)cc23)cn1. The minimum Gasteiger partial charge on any atom is -0.319 e. The van der Waals surface area contributed by atoms with Crippen LogP contribution in [0.1, 0.15) is 84.3 Å². The molecule has 4 heterocycles. The first-order valence-corrected chi connectivity index (χ1v) is 14.6. The number of nitrogens with one attached hydrogen (secondary N) is 2. The highest BCUT2D eigenvalue weighted by molar-refractivity contribution is 6.11. The van der Waals surface area contributed by atoms with Gasteiger partial charge in [0.15, 0.2) is 11.5 Å². The number of pyridine rings is 2. The molecular formula is C32H36N6O2. The summed E-state index contributed by atoms with van der Waals surface area (Å²) in [7, 11) is 0. The molecule has 1 aliphatic heterocycles. The van der Waals surface area contributed by atoms with Crippen LogP contribution < -0.4 is 5.32 Å². The molecule has 2 N–H and O–H groups in total. The van der Waals surface area contributed by atoms with E-state index in [0.717, 1.165) is 54.5 Å². The lowest BCUT2D eigenvalue weighted by atomic mass is 9.99. The van der Waals surface area contributed by atoms with Gasteiger partial charge in [0.25, 0.3) is 5.91 Å². The second kappa shape index (κ2) is 12.1. The first-order valence-electron chi connectivity index (χ1n) is 14.6. The Balaban J connectivity index is 1.15. The number of H-pyrrole nitrogens is 1. The van der Waals surface area contributed by atoms with Gasteiger partial charge in [0.2, 0.25) is 0 Å². The zero-order valence-corrected chi connectivity index (χ0v) is 22.9. The fourth-order valence-corrected chi connectivity index (χ4v) is 6.06. The molecule has 6 rings (SSSR count). The van der Waals surface area contributed by atoms with Crippen molar-refractivity contribution < 1.29 is 9.59 Å². The van der Waals surface area contributed by atoms with Crippen molar-refractivity contribution in [2.24, 2.45) is 5.92 Å². The number of hydrogen-bond donors (Lipinski definition) is 2. The van der Waals surface area contributed by atoms with Gasteiger partial charge in [-0.05, 0) is 73.3 Å². The molecule has 0 radical (unpaired) electrons. The zero-order chi connectivity index (χ0) is 27.3. The maximum absolute atomic E-state index is 13.2. The lowest BCUT2D eigenvalue weighted by Gasteiger charge is -2.19. The highest BCUT2D eigenvalue weighted by Crippen LogP contribution is 2.29. The zero-order valence-electron chi connectivity index (χ0n) is 22.9. The summed E-state index contributed by atoms with van der Waals surface area (Å²) in [5.74, 6) is 0.216. The van der Waals surface area contributed by atoms with Gasteiger partial charge in [-0.15, -0.1) is 0 Å². The number of rotatable bonds is 8. The van der Waals surface area contributed by atoms with Gasteiger partial charge in [0.05, 0.1) is 17.4 Å². The quantitative estimate of drug-likeness (QED) is 0.252. The van der Waals surface area contributed by atoms with Crippen LogP contribution in [0.25, 0.3) is 22.0 Å². The number of fused-ring (bicyclic) bond motifs is 1. The Morgan fingerprint density at radius 3 is 2.50 bits per heavy atom. The normalized spacial score (nSPS) is 16.7. The molecular weight excluding hydrogens is 500 g/mol. The van der Waals surface area contributed by atoms with Crippen LogP contribution >= 0.6 is 0 Å². The van der Waals surface area contributed by atoms with Crippen molar-refractivity contribution >= 4 is 28.3 Å². The molecule has 0 bridgehead atoms. The molecule has 0 unspecified atom stereocenters. The summed E-state index contributed by atoms with van der Waals surface area (Å²) >= 11 is 0. The van der Waals surface area contributed by atoms with Crippen LogP contribution in [0.2, 0.25) is 0 Å². The molecule has 8 heteroatoms. The molecule has 3 aromatic heterocycles. The lowest BCUT2D eigenvalue weighted by Crippen LogP contribution is -2.24. The summed E-state index contributed by atoms with van der Waals surface area (Å²) in [5.41, 5.74) is 5.28. The van der Waals surface area contributed by atoms with Gasteiger partial charge in [-0.1, -0.05) is 44.6 Å². The average Bonchev–Trinajstić information content (AvgIpc) is 3.57. The molecule has 2 fully saturated rings. The fraction of sp³-hybridized carbons (Fsp3) is 0.406. The molecule has 1 aliphatic carbocycles. The van der Waals surface area contributed by atoms with Crippen molar-refractivity contribution in [3.63, 3.8) is 0 Å². The van der Waals surface area contributed by atoms with E-state index in [1.165, 1.54) is 44.1 Å². The van der Waals surface area contributed by atoms with Crippen molar-refractivity contribution in [1.82, 2.24) is 25.1 Å². The molecule has 40 heavy (non-hydrogen) atoms. The number of ketones is 1. The Hall–Kier alpha value is -3.91. The second-order valence-electron chi connectivity index (χ2n) is 11.3. The highest BCUT2D eigenvalue weighted by Gasteiger charge is 2.21. The summed E-state index contributed by atoms with van der Waals surface area (Å²) < 4.78 is 0. The minimum atomic E-state index is -0.330. The van der Waals surface area contributed by atoms with E-state index in [0.29, 0.717) is 29.4 Å². The third-order valence-corrected chi connectivity index (χ3v) is 8.27. The van der Waals surface area contributed by atoms with E-state index in [-0.39, 0.29) is 11.7 Å². The number of Topliss-reactive ketones (excluding diaryl/α,β-unsaturated/α-hetero) is 1. The summed E-state index contributed by atoms with van der Waals surface area (Å²) in [6.45, 7) is 3.18. The number of amides is 1. The Labute approximate surface area is 234 Å². The van der Waals surface area contributed by atoms with Gasteiger partial charge in [-0.3, -0.25) is 29.6 Å². The van der Waals surface area contributed by atoms with Crippen molar-refractivity contribution in [3.05, 3.63) is 71.9 Å². The number of aromatic nitrogens is 4. The third-order valence-electron chi connectivity index (χ3n) is 8.27. The Bertz CT molecular complexity index is 1480. The second-order valence-corrected chi connectivity index (χ2v) is 11.3. The van der Waals surface area contributed by atoms with Gasteiger partial charge in [-0.25, -0.2) is 0 Å². The first-order chi connectivity index (χ1) is 19.6. The predicted molar refractivity (Wildman–Crippen MR) is 156 cm³/mol. The van der Waals surface area contributed by atoms with Crippen molar-refractivity contribution in [3.8, 4) is 11.1 Å². The Kier molecular flexibility index (Phi) is 7.95. The molecule has 1 saturated carbocycles. The monoisotopic (exact) mass is 536 g/mol. The van der Waals surface area contributed by atoms with E-state index in [9.17, 15) is 9.59 Å². The largest absolute Gasteiger partial charge is 0.319 e. The number of hydrogen-bond acceptors (Lipinski definition) is 6. The summed E-state index contributed by atoms with van der Waals surface area (Å²) in [5, 5.41) is 10.9. The summed E-state index contributed by atoms with van der Waals surface area (Å²) in [6, 6.07) is 11.6. The Morgan fingerprint density at radius 2 is 1.73 bits per heavy atom.